The largest absolute Gasteiger partial charge is 0.478 e. The Hall–Kier alpha value is -1.36. The van der Waals surface area contributed by atoms with Gasteiger partial charge in [0.2, 0.25) is 0 Å². The predicted octanol–water partition coefficient (Wildman–Crippen LogP) is 3.15. The highest BCUT2D eigenvalue weighted by Crippen LogP contribution is 2.26. The van der Waals surface area contributed by atoms with Crippen molar-refractivity contribution in [2.45, 2.75) is 19.8 Å². The first-order valence-corrected chi connectivity index (χ1v) is 5.71. The summed E-state index contributed by atoms with van der Waals surface area (Å²) >= 11 is 3.33. The molecule has 4 nitrogen and oxygen atoms in total. The van der Waals surface area contributed by atoms with Crippen LogP contribution in [0.15, 0.2) is 16.6 Å². The second-order valence-electron chi connectivity index (χ2n) is 3.94. The Morgan fingerprint density at radius 2 is 2.19 bits per heavy atom. The van der Waals surface area contributed by atoms with E-state index in [0.29, 0.717) is 4.47 Å². The zero-order chi connectivity index (χ0) is 11.9. The van der Waals surface area contributed by atoms with Gasteiger partial charge in [-0.15, -0.1) is 0 Å². The third kappa shape index (κ3) is 1.82. The SMILES string of the molecule is CC(C)c1nc2c(Br)cc(C(=O)O)cc2[nH]1. The fourth-order valence-electron chi connectivity index (χ4n) is 1.49. The molecule has 5 heteroatoms. The number of carbonyl (C=O) groups is 1. The second kappa shape index (κ2) is 3.90. The number of aromatic nitrogens is 2. The van der Waals surface area contributed by atoms with E-state index < -0.39 is 5.97 Å². The lowest BCUT2D eigenvalue weighted by Crippen LogP contribution is -1.95. The van der Waals surface area contributed by atoms with Crippen LogP contribution in [0.4, 0.5) is 0 Å². The van der Waals surface area contributed by atoms with E-state index in [0.717, 1.165) is 16.9 Å². The van der Waals surface area contributed by atoms with Gasteiger partial charge in [0.15, 0.2) is 0 Å². The maximum absolute atomic E-state index is 10.9. The second-order valence-corrected chi connectivity index (χ2v) is 4.79. The van der Waals surface area contributed by atoms with Gasteiger partial charge in [0.1, 0.15) is 11.3 Å². The maximum Gasteiger partial charge on any atom is 0.335 e. The van der Waals surface area contributed by atoms with Crippen LogP contribution < -0.4 is 0 Å². The fourth-order valence-corrected chi connectivity index (χ4v) is 2.04. The average Bonchev–Trinajstić information content (AvgIpc) is 2.61. The summed E-state index contributed by atoms with van der Waals surface area (Å²) in [4.78, 5) is 18.4. The van der Waals surface area contributed by atoms with Crippen LogP contribution in [0.1, 0.15) is 35.9 Å². The molecule has 0 fully saturated rings. The predicted molar refractivity (Wildman–Crippen MR) is 64.8 cm³/mol. The zero-order valence-electron chi connectivity index (χ0n) is 8.91. The van der Waals surface area contributed by atoms with Crippen LogP contribution in [0, 0.1) is 0 Å². The van der Waals surface area contributed by atoms with Crippen LogP contribution in [0.3, 0.4) is 0 Å². The molecule has 0 spiro atoms. The molecular weight excluding hydrogens is 272 g/mol. The topological polar surface area (TPSA) is 66.0 Å². The molecule has 1 heterocycles. The van der Waals surface area contributed by atoms with Gasteiger partial charge in [0.05, 0.1) is 11.1 Å². The van der Waals surface area contributed by atoms with E-state index >= 15 is 0 Å². The van der Waals surface area contributed by atoms with Crippen LogP contribution in [0.25, 0.3) is 11.0 Å². The number of carboxylic acid groups (broad SMARTS) is 1. The van der Waals surface area contributed by atoms with Crippen molar-refractivity contribution in [1.82, 2.24) is 9.97 Å². The van der Waals surface area contributed by atoms with Crippen molar-refractivity contribution in [3.8, 4) is 0 Å². The Morgan fingerprint density at radius 3 is 2.75 bits per heavy atom. The third-order valence-corrected chi connectivity index (χ3v) is 2.96. The summed E-state index contributed by atoms with van der Waals surface area (Å²) < 4.78 is 0.700. The van der Waals surface area contributed by atoms with Crippen LogP contribution in [-0.2, 0) is 0 Å². The number of imidazole rings is 1. The number of carboxylic acids is 1. The molecule has 0 atom stereocenters. The molecule has 0 unspecified atom stereocenters. The Bertz CT molecular complexity index is 560. The first-order valence-electron chi connectivity index (χ1n) is 4.91. The first-order chi connectivity index (χ1) is 7.49. The molecule has 2 N–H and O–H groups in total. The lowest BCUT2D eigenvalue weighted by Gasteiger charge is -1.96. The molecule has 0 saturated heterocycles. The minimum atomic E-state index is -0.941. The van der Waals surface area contributed by atoms with E-state index in [2.05, 4.69) is 25.9 Å². The van der Waals surface area contributed by atoms with Crippen molar-refractivity contribution < 1.29 is 9.90 Å². The van der Waals surface area contributed by atoms with Gasteiger partial charge in [-0.05, 0) is 28.1 Å². The number of halogens is 1. The Balaban J connectivity index is 2.68. The number of fused-ring (bicyclic) bond motifs is 1. The normalized spacial score (nSPS) is 11.2. The summed E-state index contributed by atoms with van der Waals surface area (Å²) in [6, 6.07) is 3.16. The van der Waals surface area contributed by atoms with Gasteiger partial charge in [-0.25, -0.2) is 9.78 Å². The number of H-pyrrole nitrogens is 1. The first kappa shape index (κ1) is 11.1. The van der Waals surface area contributed by atoms with Crippen molar-refractivity contribution in [2.75, 3.05) is 0 Å². The summed E-state index contributed by atoms with van der Waals surface area (Å²) in [7, 11) is 0. The summed E-state index contributed by atoms with van der Waals surface area (Å²) in [5.74, 6) is 0.203. The smallest absolute Gasteiger partial charge is 0.335 e. The summed E-state index contributed by atoms with van der Waals surface area (Å²) in [5, 5.41) is 8.93. The molecule has 0 saturated carbocycles. The number of nitrogens with one attached hydrogen (secondary N) is 1. The molecule has 2 rings (SSSR count). The molecule has 0 aliphatic carbocycles. The number of hydrogen-bond donors (Lipinski definition) is 2. The standard InChI is InChI=1S/C11H11BrN2O2/c1-5(2)10-13-8-4-6(11(15)16)3-7(12)9(8)14-10/h3-5H,1-2H3,(H,13,14)(H,15,16). The van der Waals surface area contributed by atoms with Crippen LogP contribution >= 0.6 is 15.9 Å². The highest BCUT2D eigenvalue weighted by Gasteiger charge is 2.12. The molecule has 0 amide bonds. The van der Waals surface area contributed by atoms with E-state index in [1.165, 1.54) is 0 Å². The number of aromatic amines is 1. The van der Waals surface area contributed by atoms with Gasteiger partial charge < -0.3 is 10.1 Å². The van der Waals surface area contributed by atoms with E-state index in [9.17, 15) is 4.79 Å². The Kier molecular flexibility index (Phi) is 2.71. The van der Waals surface area contributed by atoms with Crippen molar-refractivity contribution in [2.24, 2.45) is 0 Å². The molecule has 0 bridgehead atoms. The van der Waals surface area contributed by atoms with E-state index in [1.54, 1.807) is 12.1 Å². The van der Waals surface area contributed by atoms with Crippen LogP contribution in [0.2, 0.25) is 0 Å². The van der Waals surface area contributed by atoms with Crippen molar-refractivity contribution >= 4 is 32.9 Å². The molecule has 0 aliphatic rings. The van der Waals surface area contributed by atoms with Crippen LogP contribution in [0.5, 0.6) is 0 Å². The summed E-state index contributed by atoms with van der Waals surface area (Å²) in [6.07, 6.45) is 0. The van der Waals surface area contributed by atoms with Gasteiger partial charge in [0.25, 0.3) is 0 Å². The molecular formula is C11H11BrN2O2. The monoisotopic (exact) mass is 282 g/mol. The molecule has 2 aromatic rings. The van der Waals surface area contributed by atoms with Gasteiger partial charge in [-0.1, -0.05) is 13.8 Å². The minimum absolute atomic E-state index is 0.248. The van der Waals surface area contributed by atoms with Gasteiger partial charge >= 0.3 is 5.97 Å². The van der Waals surface area contributed by atoms with Crippen LogP contribution in [-0.4, -0.2) is 21.0 Å². The lowest BCUT2D eigenvalue weighted by atomic mass is 10.2. The number of rotatable bonds is 2. The molecule has 0 radical (unpaired) electrons. The highest BCUT2D eigenvalue weighted by atomic mass is 79.9. The number of nitrogens with zero attached hydrogens (tertiary/aromatic N) is 1. The van der Waals surface area contributed by atoms with E-state index in [1.807, 2.05) is 13.8 Å². The Labute approximate surface area is 101 Å². The summed E-state index contributed by atoms with van der Waals surface area (Å²) in [6.45, 7) is 4.06. The fraction of sp³-hybridized carbons (Fsp3) is 0.273. The van der Waals surface area contributed by atoms with E-state index in [4.69, 9.17) is 5.11 Å². The molecule has 16 heavy (non-hydrogen) atoms. The van der Waals surface area contributed by atoms with Gasteiger partial charge in [0, 0.05) is 10.4 Å². The van der Waals surface area contributed by atoms with Gasteiger partial charge in [-0.3, -0.25) is 0 Å². The molecule has 1 aromatic carbocycles. The third-order valence-electron chi connectivity index (χ3n) is 2.35. The zero-order valence-corrected chi connectivity index (χ0v) is 10.5. The maximum atomic E-state index is 10.9. The quantitative estimate of drug-likeness (QED) is 0.889. The minimum Gasteiger partial charge on any atom is -0.478 e. The number of benzene rings is 1. The lowest BCUT2D eigenvalue weighted by molar-refractivity contribution is 0.0697. The molecule has 84 valence electrons. The van der Waals surface area contributed by atoms with Gasteiger partial charge in [-0.2, -0.15) is 0 Å². The number of hydrogen-bond acceptors (Lipinski definition) is 2. The van der Waals surface area contributed by atoms with Crippen molar-refractivity contribution in [3.63, 3.8) is 0 Å². The number of aromatic carboxylic acids is 1. The van der Waals surface area contributed by atoms with E-state index in [-0.39, 0.29) is 11.5 Å². The highest BCUT2D eigenvalue weighted by molar-refractivity contribution is 9.10. The Morgan fingerprint density at radius 1 is 1.50 bits per heavy atom. The summed E-state index contributed by atoms with van der Waals surface area (Å²) in [5.41, 5.74) is 1.77. The van der Waals surface area contributed by atoms with Crippen molar-refractivity contribution in [3.05, 3.63) is 28.0 Å². The molecule has 1 aromatic heterocycles. The molecule has 0 aliphatic heterocycles. The van der Waals surface area contributed by atoms with Crippen molar-refractivity contribution in [1.29, 1.82) is 0 Å². The average molecular weight is 283 g/mol.